The minimum absolute atomic E-state index is 0.0353. The first-order valence-electron chi connectivity index (χ1n) is 8.61. The Morgan fingerprint density at radius 3 is 2.63 bits per heavy atom. The molecule has 1 fully saturated rings. The van der Waals surface area contributed by atoms with Crippen molar-refractivity contribution in [3.63, 3.8) is 0 Å². The van der Waals surface area contributed by atoms with E-state index in [1.807, 2.05) is 12.1 Å². The van der Waals surface area contributed by atoms with Crippen molar-refractivity contribution < 1.29 is 17.9 Å². The topological polar surface area (TPSA) is 75.7 Å². The molecule has 3 rings (SSSR count). The Balaban J connectivity index is 1.85. The van der Waals surface area contributed by atoms with Crippen LogP contribution in [0.1, 0.15) is 28.8 Å². The van der Waals surface area contributed by atoms with Gasteiger partial charge in [-0.2, -0.15) is 4.31 Å². The number of nitrogens with zero attached hydrogens (tertiary/aromatic N) is 1. The molecule has 0 spiro atoms. The van der Waals surface area contributed by atoms with Crippen LogP contribution in [-0.4, -0.2) is 38.8 Å². The van der Waals surface area contributed by atoms with Gasteiger partial charge in [0.2, 0.25) is 10.0 Å². The number of nitrogens with one attached hydrogen (secondary N) is 1. The first-order valence-corrected chi connectivity index (χ1v) is 10.4. The second kappa shape index (κ2) is 8.39. The molecule has 0 unspecified atom stereocenters. The summed E-state index contributed by atoms with van der Waals surface area (Å²) in [6, 6.07) is 11.6. The summed E-state index contributed by atoms with van der Waals surface area (Å²) in [7, 11) is -2.11. The van der Waals surface area contributed by atoms with E-state index in [9.17, 15) is 13.2 Å². The largest absolute Gasteiger partial charge is 0.380 e. The van der Waals surface area contributed by atoms with Gasteiger partial charge in [0.1, 0.15) is 4.90 Å². The van der Waals surface area contributed by atoms with Gasteiger partial charge in [-0.25, -0.2) is 8.42 Å². The van der Waals surface area contributed by atoms with E-state index in [0.29, 0.717) is 25.4 Å². The second-order valence-corrected chi connectivity index (χ2v) is 8.66. The molecule has 0 saturated carbocycles. The predicted octanol–water partition coefficient (Wildman–Crippen LogP) is 3.52. The summed E-state index contributed by atoms with van der Waals surface area (Å²) in [6.45, 7) is 1.38. The maximum atomic E-state index is 12.8. The third-order valence-electron chi connectivity index (χ3n) is 4.37. The van der Waals surface area contributed by atoms with Crippen molar-refractivity contribution in [2.24, 2.45) is 0 Å². The molecule has 1 aliphatic rings. The van der Waals surface area contributed by atoms with Crippen molar-refractivity contribution in [3.8, 4) is 0 Å². The lowest BCUT2D eigenvalue weighted by atomic mass is 10.2. The van der Waals surface area contributed by atoms with Gasteiger partial charge in [-0.15, -0.1) is 0 Å². The molecule has 144 valence electrons. The van der Waals surface area contributed by atoms with Crippen LogP contribution in [0.4, 0.5) is 5.69 Å². The lowest BCUT2D eigenvalue weighted by Gasteiger charge is -2.17. The maximum absolute atomic E-state index is 12.8. The predicted molar refractivity (Wildman–Crippen MR) is 105 cm³/mol. The van der Waals surface area contributed by atoms with Crippen LogP contribution in [0.15, 0.2) is 47.4 Å². The zero-order chi connectivity index (χ0) is 19.4. The Morgan fingerprint density at radius 1 is 1.19 bits per heavy atom. The smallest absolute Gasteiger partial charge is 0.255 e. The summed E-state index contributed by atoms with van der Waals surface area (Å²) >= 11 is 6.13. The number of halogens is 1. The molecule has 27 heavy (non-hydrogen) atoms. The van der Waals surface area contributed by atoms with Crippen molar-refractivity contribution in [1.29, 1.82) is 0 Å². The number of amides is 1. The fourth-order valence-corrected chi connectivity index (χ4v) is 5.04. The van der Waals surface area contributed by atoms with E-state index in [2.05, 4.69) is 5.32 Å². The van der Waals surface area contributed by atoms with Gasteiger partial charge < -0.3 is 10.1 Å². The number of anilines is 1. The molecule has 8 heteroatoms. The maximum Gasteiger partial charge on any atom is 0.255 e. The van der Waals surface area contributed by atoms with Crippen molar-refractivity contribution >= 4 is 33.2 Å². The third-order valence-corrected chi connectivity index (χ3v) is 6.75. The first-order chi connectivity index (χ1) is 12.9. The highest BCUT2D eigenvalue weighted by Crippen LogP contribution is 2.28. The van der Waals surface area contributed by atoms with E-state index in [1.165, 1.54) is 22.5 Å². The zero-order valence-electron chi connectivity index (χ0n) is 14.9. The van der Waals surface area contributed by atoms with E-state index in [-0.39, 0.29) is 15.5 Å². The monoisotopic (exact) mass is 408 g/mol. The van der Waals surface area contributed by atoms with E-state index in [4.69, 9.17) is 16.3 Å². The number of rotatable bonds is 6. The van der Waals surface area contributed by atoms with Crippen molar-refractivity contribution in [2.45, 2.75) is 24.3 Å². The number of hydrogen-bond acceptors (Lipinski definition) is 4. The number of ether oxygens (including phenoxy) is 1. The summed E-state index contributed by atoms with van der Waals surface area (Å²) in [5.41, 5.74) is 1.76. The van der Waals surface area contributed by atoms with Crippen LogP contribution in [0.3, 0.4) is 0 Å². The van der Waals surface area contributed by atoms with Gasteiger partial charge in [0.25, 0.3) is 5.91 Å². The lowest BCUT2D eigenvalue weighted by molar-refractivity contribution is 0.102. The van der Waals surface area contributed by atoms with Gasteiger partial charge in [0, 0.05) is 31.5 Å². The molecule has 1 heterocycles. The zero-order valence-corrected chi connectivity index (χ0v) is 16.5. The van der Waals surface area contributed by atoms with Crippen LogP contribution in [0, 0.1) is 0 Å². The molecule has 1 amide bonds. The Bertz CT molecular complexity index is 940. The van der Waals surface area contributed by atoms with Crippen molar-refractivity contribution in [2.75, 3.05) is 25.5 Å². The number of carbonyl (C=O) groups excluding carboxylic acids is 1. The number of carbonyl (C=O) groups is 1. The fourth-order valence-electron chi connectivity index (χ4n) is 3.02. The van der Waals surface area contributed by atoms with E-state index < -0.39 is 15.9 Å². The minimum atomic E-state index is -3.71. The van der Waals surface area contributed by atoms with E-state index >= 15 is 0 Å². The average Bonchev–Trinajstić information content (AvgIpc) is 3.18. The Hall–Kier alpha value is -1.93. The highest BCUT2D eigenvalue weighted by molar-refractivity contribution is 7.89. The lowest BCUT2D eigenvalue weighted by Crippen LogP contribution is -2.28. The van der Waals surface area contributed by atoms with Gasteiger partial charge in [0.15, 0.2) is 0 Å². The first kappa shape index (κ1) is 19.8. The van der Waals surface area contributed by atoms with Gasteiger partial charge >= 0.3 is 0 Å². The quantitative estimate of drug-likeness (QED) is 0.793. The Kier molecular flexibility index (Phi) is 6.16. The standard InChI is InChI=1S/C19H21ClN2O4S/c1-26-13-14-5-4-6-16(11-14)21-19(23)15-7-8-17(20)18(12-15)27(24,25)22-9-2-3-10-22/h4-8,11-12H,2-3,9-10,13H2,1H3,(H,21,23). The fraction of sp³-hybridized carbons (Fsp3) is 0.316. The van der Waals surface area contributed by atoms with Gasteiger partial charge in [0.05, 0.1) is 11.6 Å². The molecule has 0 bridgehead atoms. The molecule has 0 atom stereocenters. The molecular weight excluding hydrogens is 388 g/mol. The summed E-state index contributed by atoms with van der Waals surface area (Å²) < 4.78 is 32.1. The van der Waals surface area contributed by atoms with Crippen LogP contribution in [0.2, 0.25) is 5.02 Å². The molecule has 2 aromatic rings. The van der Waals surface area contributed by atoms with Gasteiger partial charge in [-0.05, 0) is 48.7 Å². The highest BCUT2D eigenvalue weighted by atomic mass is 35.5. The van der Waals surface area contributed by atoms with Crippen LogP contribution < -0.4 is 5.32 Å². The highest BCUT2D eigenvalue weighted by Gasteiger charge is 2.29. The normalized spacial score (nSPS) is 15.0. The third kappa shape index (κ3) is 4.50. The number of hydrogen-bond donors (Lipinski definition) is 1. The van der Waals surface area contributed by atoms with E-state index in [1.54, 1.807) is 19.2 Å². The van der Waals surface area contributed by atoms with Crippen molar-refractivity contribution in [1.82, 2.24) is 4.31 Å². The molecule has 1 N–H and O–H groups in total. The molecule has 6 nitrogen and oxygen atoms in total. The Morgan fingerprint density at radius 2 is 1.93 bits per heavy atom. The average molecular weight is 409 g/mol. The van der Waals surface area contributed by atoms with Gasteiger partial charge in [-0.1, -0.05) is 23.7 Å². The van der Waals surface area contributed by atoms with Crippen LogP contribution in [0.25, 0.3) is 0 Å². The SMILES string of the molecule is COCc1cccc(NC(=O)c2ccc(Cl)c(S(=O)(=O)N3CCCC3)c2)c1. The number of methoxy groups -OCH3 is 1. The van der Waals surface area contributed by atoms with Crippen molar-refractivity contribution in [3.05, 3.63) is 58.6 Å². The summed E-state index contributed by atoms with van der Waals surface area (Å²) in [5.74, 6) is -0.404. The number of benzene rings is 2. The molecule has 1 aliphatic heterocycles. The van der Waals surface area contributed by atoms with Crippen LogP contribution in [-0.2, 0) is 21.4 Å². The van der Waals surface area contributed by atoms with E-state index in [0.717, 1.165) is 18.4 Å². The van der Waals surface area contributed by atoms with Crippen LogP contribution >= 0.6 is 11.6 Å². The minimum Gasteiger partial charge on any atom is -0.380 e. The second-order valence-electron chi connectivity index (χ2n) is 6.34. The molecule has 0 aromatic heterocycles. The summed E-state index contributed by atoms with van der Waals surface area (Å²) in [4.78, 5) is 12.6. The molecule has 0 aliphatic carbocycles. The molecule has 1 saturated heterocycles. The van der Waals surface area contributed by atoms with Gasteiger partial charge in [-0.3, -0.25) is 4.79 Å². The molecule has 0 radical (unpaired) electrons. The Labute approximate surface area is 164 Å². The van der Waals surface area contributed by atoms with Crippen LogP contribution in [0.5, 0.6) is 0 Å². The number of sulfonamides is 1. The summed E-state index contributed by atoms with van der Waals surface area (Å²) in [5, 5.41) is 2.89. The summed E-state index contributed by atoms with van der Waals surface area (Å²) in [6.07, 6.45) is 1.66. The molecular formula is C19H21ClN2O4S. The molecule has 2 aromatic carbocycles.